The van der Waals surface area contributed by atoms with Crippen LogP contribution >= 0.6 is 11.3 Å². The minimum absolute atomic E-state index is 0.258. The van der Waals surface area contributed by atoms with E-state index in [1.807, 2.05) is 16.2 Å². The van der Waals surface area contributed by atoms with Crippen LogP contribution in [0.1, 0.15) is 52.5 Å². The number of rotatable bonds is 4. The Balaban J connectivity index is 1.27. The normalized spacial score (nSPS) is 23.6. The summed E-state index contributed by atoms with van der Waals surface area (Å²) in [6.07, 6.45) is 4.19. The molecule has 3 aliphatic rings. The van der Waals surface area contributed by atoms with Crippen molar-refractivity contribution in [1.29, 1.82) is 0 Å². The van der Waals surface area contributed by atoms with E-state index in [0.717, 1.165) is 39.1 Å². The molecule has 2 aromatic rings. The van der Waals surface area contributed by atoms with Gasteiger partial charge in [0.25, 0.3) is 0 Å². The Morgan fingerprint density at radius 1 is 1.10 bits per heavy atom. The number of fused-ring (bicyclic) bond motifs is 2. The number of benzene rings is 1. The van der Waals surface area contributed by atoms with Crippen LogP contribution in [-0.2, 0) is 21.5 Å². The highest BCUT2D eigenvalue weighted by Crippen LogP contribution is 2.52. The standard InChI is InChI=1S/C25H32N2O2S/c1-19-6-7-21(30-19)18-26-10-8-25(9-11-26)17-20(22-4-2-3-5-23(22)25)16-24(28)27-12-14-29-15-13-27/h2-7,20H,8-18H2,1H3. The molecule has 5 heteroatoms. The van der Waals surface area contributed by atoms with Crippen LogP contribution in [0.4, 0.5) is 0 Å². The van der Waals surface area contributed by atoms with Crippen molar-refractivity contribution in [2.45, 2.75) is 50.5 Å². The minimum Gasteiger partial charge on any atom is -0.378 e. The Labute approximate surface area is 183 Å². The molecule has 0 radical (unpaired) electrons. The summed E-state index contributed by atoms with van der Waals surface area (Å²) in [5.74, 6) is 0.670. The molecule has 30 heavy (non-hydrogen) atoms. The van der Waals surface area contributed by atoms with Crippen molar-refractivity contribution in [2.24, 2.45) is 0 Å². The number of carbonyl (C=O) groups excluding carboxylic acids is 1. The number of likely N-dealkylation sites (tertiary alicyclic amines) is 1. The van der Waals surface area contributed by atoms with Crippen LogP contribution in [0, 0.1) is 6.92 Å². The smallest absolute Gasteiger partial charge is 0.223 e. The number of morpholine rings is 1. The third-order valence-electron chi connectivity index (χ3n) is 7.38. The van der Waals surface area contributed by atoms with Crippen LogP contribution in [-0.4, -0.2) is 55.1 Å². The summed E-state index contributed by atoms with van der Waals surface area (Å²) in [7, 11) is 0. The molecule has 2 fully saturated rings. The maximum atomic E-state index is 13.0. The van der Waals surface area contributed by atoms with Gasteiger partial charge in [0.05, 0.1) is 13.2 Å². The minimum atomic E-state index is 0.258. The van der Waals surface area contributed by atoms with Gasteiger partial charge in [-0.1, -0.05) is 24.3 Å². The van der Waals surface area contributed by atoms with E-state index in [9.17, 15) is 4.79 Å². The monoisotopic (exact) mass is 424 g/mol. The van der Waals surface area contributed by atoms with Gasteiger partial charge in [0.15, 0.2) is 0 Å². The average Bonchev–Trinajstić information content (AvgIpc) is 3.32. The summed E-state index contributed by atoms with van der Waals surface area (Å²) < 4.78 is 5.42. The molecule has 2 saturated heterocycles. The predicted molar refractivity (Wildman–Crippen MR) is 121 cm³/mol. The molecule has 1 atom stereocenters. The third-order valence-corrected chi connectivity index (χ3v) is 8.37. The van der Waals surface area contributed by atoms with Crippen LogP contribution < -0.4 is 0 Å². The second kappa shape index (κ2) is 8.45. The zero-order chi connectivity index (χ0) is 20.6. The summed E-state index contributed by atoms with van der Waals surface area (Å²) in [6, 6.07) is 13.5. The molecular formula is C25H32N2O2S. The number of aryl methyl sites for hydroxylation is 1. The highest BCUT2D eigenvalue weighted by Gasteiger charge is 2.45. The van der Waals surface area contributed by atoms with Crippen molar-refractivity contribution in [3.63, 3.8) is 0 Å². The van der Waals surface area contributed by atoms with Crippen molar-refractivity contribution >= 4 is 17.2 Å². The second-order valence-electron chi connectivity index (χ2n) is 9.25. The lowest BCUT2D eigenvalue weighted by molar-refractivity contribution is -0.135. The molecule has 1 aliphatic carbocycles. The van der Waals surface area contributed by atoms with E-state index in [1.165, 1.54) is 33.7 Å². The lowest BCUT2D eigenvalue weighted by atomic mass is 9.73. The van der Waals surface area contributed by atoms with Crippen LogP contribution in [0.15, 0.2) is 36.4 Å². The molecule has 1 unspecified atom stereocenters. The summed E-state index contributed by atoms with van der Waals surface area (Å²) in [6.45, 7) is 8.41. The quantitative estimate of drug-likeness (QED) is 0.733. The topological polar surface area (TPSA) is 32.8 Å². The Morgan fingerprint density at radius 3 is 2.60 bits per heavy atom. The van der Waals surface area contributed by atoms with Gasteiger partial charge in [-0.25, -0.2) is 0 Å². The summed E-state index contributed by atoms with van der Waals surface area (Å²) >= 11 is 1.92. The average molecular weight is 425 g/mol. The number of piperidine rings is 1. The maximum Gasteiger partial charge on any atom is 0.223 e. The molecule has 5 rings (SSSR count). The highest BCUT2D eigenvalue weighted by atomic mass is 32.1. The first-order valence-corrected chi connectivity index (χ1v) is 12.2. The van der Waals surface area contributed by atoms with Crippen molar-refractivity contribution < 1.29 is 9.53 Å². The van der Waals surface area contributed by atoms with Crippen LogP contribution in [0.3, 0.4) is 0 Å². The summed E-state index contributed by atoms with van der Waals surface area (Å²) in [5.41, 5.74) is 3.21. The van der Waals surface area contributed by atoms with Gasteiger partial charge in [-0.15, -0.1) is 11.3 Å². The third kappa shape index (κ3) is 3.95. The molecule has 0 bridgehead atoms. The van der Waals surface area contributed by atoms with Crippen molar-refractivity contribution in [3.8, 4) is 0 Å². The summed E-state index contributed by atoms with van der Waals surface area (Å²) in [4.78, 5) is 20.4. The number of ether oxygens (including phenoxy) is 1. The largest absolute Gasteiger partial charge is 0.378 e. The molecule has 160 valence electrons. The fourth-order valence-electron chi connectivity index (χ4n) is 5.77. The van der Waals surface area contributed by atoms with Crippen LogP contribution in [0.25, 0.3) is 0 Å². The molecule has 1 spiro atoms. The maximum absolute atomic E-state index is 13.0. The number of thiophene rings is 1. The van der Waals surface area contributed by atoms with Crippen molar-refractivity contribution in [3.05, 3.63) is 57.3 Å². The van der Waals surface area contributed by atoms with Gasteiger partial charge in [0, 0.05) is 35.8 Å². The lowest BCUT2D eigenvalue weighted by Crippen LogP contribution is -2.42. The van der Waals surface area contributed by atoms with E-state index in [4.69, 9.17) is 4.74 Å². The molecule has 2 aliphatic heterocycles. The predicted octanol–water partition coefficient (Wildman–Crippen LogP) is 4.33. The second-order valence-corrected chi connectivity index (χ2v) is 10.6. The van der Waals surface area contributed by atoms with E-state index < -0.39 is 0 Å². The molecule has 0 saturated carbocycles. The Hall–Kier alpha value is -1.69. The number of amides is 1. The first kappa shape index (κ1) is 20.2. The summed E-state index contributed by atoms with van der Waals surface area (Å²) in [5, 5.41) is 0. The first-order chi connectivity index (χ1) is 14.6. The van der Waals surface area contributed by atoms with Crippen molar-refractivity contribution in [2.75, 3.05) is 39.4 Å². The van der Waals surface area contributed by atoms with Gasteiger partial charge in [-0.05, 0) is 73.9 Å². The molecule has 4 nitrogen and oxygen atoms in total. The van der Waals surface area contributed by atoms with E-state index >= 15 is 0 Å². The fraction of sp³-hybridized carbons (Fsp3) is 0.560. The number of carbonyl (C=O) groups is 1. The number of hydrogen-bond acceptors (Lipinski definition) is 4. The van der Waals surface area contributed by atoms with Crippen molar-refractivity contribution in [1.82, 2.24) is 9.80 Å². The van der Waals surface area contributed by atoms with Gasteiger partial charge in [-0.2, -0.15) is 0 Å². The van der Waals surface area contributed by atoms with Gasteiger partial charge in [-0.3, -0.25) is 9.69 Å². The highest BCUT2D eigenvalue weighted by molar-refractivity contribution is 7.11. The molecular weight excluding hydrogens is 392 g/mol. The van der Waals surface area contributed by atoms with E-state index in [2.05, 4.69) is 48.2 Å². The fourth-order valence-corrected chi connectivity index (χ4v) is 6.70. The van der Waals surface area contributed by atoms with Gasteiger partial charge >= 0.3 is 0 Å². The zero-order valence-electron chi connectivity index (χ0n) is 17.9. The molecule has 3 heterocycles. The lowest BCUT2D eigenvalue weighted by Gasteiger charge is -2.40. The zero-order valence-corrected chi connectivity index (χ0v) is 18.8. The molecule has 1 aromatic heterocycles. The van der Waals surface area contributed by atoms with E-state index in [-0.39, 0.29) is 5.41 Å². The number of hydrogen-bond donors (Lipinski definition) is 0. The molecule has 1 amide bonds. The van der Waals surface area contributed by atoms with E-state index in [0.29, 0.717) is 31.5 Å². The Morgan fingerprint density at radius 2 is 1.87 bits per heavy atom. The van der Waals surface area contributed by atoms with E-state index in [1.54, 1.807) is 0 Å². The van der Waals surface area contributed by atoms with Gasteiger partial charge < -0.3 is 9.64 Å². The Bertz CT molecular complexity index is 894. The van der Waals surface area contributed by atoms with Crippen LogP contribution in [0.2, 0.25) is 0 Å². The van der Waals surface area contributed by atoms with Gasteiger partial charge in [0.2, 0.25) is 5.91 Å². The Kier molecular flexibility index (Phi) is 5.69. The molecule has 1 aromatic carbocycles. The van der Waals surface area contributed by atoms with Gasteiger partial charge in [0.1, 0.15) is 0 Å². The molecule has 0 N–H and O–H groups in total. The first-order valence-electron chi connectivity index (χ1n) is 11.4. The van der Waals surface area contributed by atoms with Crippen LogP contribution in [0.5, 0.6) is 0 Å². The number of nitrogens with zero attached hydrogens (tertiary/aromatic N) is 2. The SMILES string of the molecule is Cc1ccc(CN2CCC3(CC2)CC(CC(=O)N2CCOCC2)c2ccccc23)s1.